The highest BCUT2D eigenvalue weighted by molar-refractivity contribution is 4.92. The molecule has 0 aliphatic carbocycles. The molecule has 6 heteroatoms. The lowest BCUT2D eigenvalue weighted by Gasteiger charge is -2.27. The van der Waals surface area contributed by atoms with Crippen molar-refractivity contribution in [1.82, 2.24) is 20.3 Å². The van der Waals surface area contributed by atoms with Gasteiger partial charge in [0.15, 0.2) is 0 Å². The molecule has 2 N–H and O–H groups in total. The summed E-state index contributed by atoms with van der Waals surface area (Å²) in [5.41, 5.74) is 0.914. The first kappa shape index (κ1) is 12.5. The van der Waals surface area contributed by atoms with Crippen LogP contribution in [0.25, 0.3) is 0 Å². The van der Waals surface area contributed by atoms with Crippen LogP contribution in [-0.2, 0) is 17.8 Å². The Kier molecular flexibility index (Phi) is 4.47. The minimum Gasteiger partial charge on any atom is -0.394 e. The maximum absolute atomic E-state index is 8.77. The van der Waals surface area contributed by atoms with E-state index in [0.29, 0.717) is 18.7 Å². The monoisotopic (exact) mass is 240 g/mol. The topological polar surface area (TPSA) is 72.2 Å². The average Bonchev–Trinajstić information content (AvgIpc) is 2.75. The van der Waals surface area contributed by atoms with Crippen LogP contribution in [0.15, 0.2) is 6.20 Å². The second kappa shape index (κ2) is 6.09. The molecule has 0 bridgehead atoms. The van der Waals surface area contributed by atoms with Crippen molar-refractivity contribution >= 4 is 0 Å². The van der Waals surface area contributed by atoms with E-state index in [1.54, 1.807) is 4.68 Å². The number of aromatic nitrogens is 3. The first-order valence-electron chi connectivity index (χ1n) is 6.13. The number of ether oxygens (including phenoxy) is 1. The summed E-state index contributed by atoms with van der Waals surface area (Å²) in [6.07, 6.45) is 4.30. The van der Waals surface area contributed by atoms with Gasteiger partial charge in [-0.1, -0.05) is 5.21 Å². The van der Waals surface area contributed by atoms with Crippen LogP contribution in [0.1, 0.15) is 25.5 Å². The molecular formula is C11H20N4O2. The molecule has 1 aromatic rings. The molecule has 0 saturated carbocycles. The van der Waals surface area contributed by atoms with Gasteiger partial charge in [-0.3, -0.25) is 0 Å². The molecule has 96 valence electrons. The number of aliphatic hydroxyl groups excluding tert-OH is 1. The fraction of sp³-hybridized carbons (Fsp3) is 0.818. The van der Waals surface area contributed by atoms with Crippen molar-refractivity contribution in [3.8, 4) is 0 Å². The van der Waals surface area contributed by atoms with Gasteiger partial charge in [0.1, 0.15) is 0 Å². The average molecular weight is 240 g/mol. The molecule has 0 spiro atoms. The molecule has 2 heterocycles. The predicted octanol–water partition coefficient (Wildman–Crippen LogP) is -0.0725. The Bertz CT molecular complexity index is 342. The highest BCUT2D eigenvalue weighted by atomic mass is 16.5. The summed E-state index contributed by atoms with van der Waals surface area (Å²) in [7, 11) is 0. The van der Waals surface area contributed by atoms with Crippen LogP contribution < -0.4 is 5.32 Å². The van der Waals surface area contributed by atoms with Crippen molar-refractivity contribution in [2.75, 3.05) is 13.2 Å². The molecule has 2 atom stereocenters. The molecule has 1 aliphatic heterocycles. The second-order valence-electron chi connectivity index (χ2n) is 4.48. The van der Waals surface area contributed by atoms with Crippen LogP contribution in [0.5, 0.6) is 0 Å². The van der Waals surface area contributed by atoms with Crippen molar-refractivity contribution < 1.29 is 9.84 Å². The summed E-state index contributed by atoms with van der Waals surface area (Å²) in [5.74, 6) is 0. The highest BCUT2D eigenvalue weighted by Gasteiger charge is 2.18. The van der Waals surface area contributed by atoms with Gasteiger partial charge in [-0.05, 0) is 19.8 Å². The fourth-order valence-corrected chi connectivity index (χ4v) is 2.06. The van der Waals surface area contributed by atoms with Gasteiger partial charge >= 0.3 is 0 Å². The molecule has 1 aromatic heterocycles. The van der Waals surface area contributed by atoms with Gasteiger partial charge in [-0.2, -0.15) is 0 Å². The molecule has 1 saturated heterocycles. The van der Waals surface area contributed by atoms with Gasteiger partial charge in [0.2, 0.25) is 0 Å². The third kappa shape index (κ3) is 3.76. The largest absolute Gasteiger partial charge is 0.394 e. The molecule has 1 fully saturated rings. The maximum Gasteiger partial charge on any atom is 0.0964 e. The summed E-state index contributed by atoms with van der Waals surface area (Å²) in [5, 5.41) is 20.2. The van der Waals surface area contributed by atoms with Crippen LogP contribution in [-0.4, -0.2) is 45.5 Å². The lowest BCUT2D eigenvalue weighted by atomic mass is 10.0. The van der Waals surface area contributed by atoms with E-state index < -0.39 is 0 Å². The number of nitrogens with one attached hydrogen (secondary N) is 1. The van der Waals surface area contributed by atoms with Crippen molar-refractivity contribution in [3.05, 3.63) is 11.9 Å². The number of nitrogens with zero attached hydrogens (tertiary/aromatic N) is 3. The molecule has 2 rings (SSSR count). The molecule has 6 nitrogen and oxygen atoms in total. The molecule has 1 aliphatic rings. The molecule has 0 aromatic carbocycles. The first-order chi connectivity index (χ1) is 8.28. The van der Waals surface area contributed by atoms with E-state index in [-0.39, 0.29) is 6.61 Å². The van der Waals surface area contributed by atoms with Crippen LogP contribution in [0.4, 0.5) is 0 Å². The summed E-state index contributed by atoms with van der Waals surface area (Å²) in [4.78, 5) is 0. The van der Waals surface area contributed by atoms with E-state index in [0.717, 1.165) is 31.7 Å². The molecule has 0 radical (unpaired) electrons. The zero-order valence-corrected chi connectivity index (χ0v) is 10.2. The predicted molar refractivity (Wildman–Crippen MR) is 62.4 cm³/mol. The number of hydrogen-bond acceptors (Lipinski definition) is 5. The Morgan fingerprint density at radius 2 is 2.53 bits per heavy atom. The zero-order chi connectivity index (χ0) is 12.1. The van der Waals surface area contributed by atoms with Crippen LogP contribution in [0.2, 0.25) is 0 Å². The Labute approximate surface area is 101 Å². The van der Waals surface area contributed by atoms with E-state index in [4.69, 9.17) is 9.84 Å². The SMILES string of the molecule is CC1CC(NCc2cn(CCO)nn2)CCO1. The summed E-state index contributed by atoms with van der Waals surface area (Å²) in [6, 6.07) is 0.502. The van der Waals surface area contributed by atoms with E-state index >= 15 is 0 Å². The van der Waals surface area contributed by atoms with Gasteiger partial charge in [-0.15, -0.1) is 5.10 Å². The Morgan fingerprint density at radius 1 is 1.65 bits per heavy atom. The smallest absolute Gasteiger partial charge is 0.0964 e. The van der Waals surface area contributed by atoms with Crippen LogP contribution >= 0.6 is 0 Å². The minimum atomic E-state index is 0.0910. The van der Waals surface area contributed by atoms with E-state index in [1.807, 2.05) is 6.20 Å². The maximum atomic E-state index is 8.77. The van der Waals surface area contributed by atoms with E-state index in [2.05, 4.69) is 22.6 Å². The van der Waals surface area contributed by atoms with E-state index in [9.17, 15) is 0 Å². The van der Waals surface area contributed by atoms with E-state index in [1.165, 1.54) is 0 Å². The minimum absolute atomic E-state index is 0.0910. The number of rotatable bonds is 5. The standard InChI is InChI=1S/C11H20N4O2/c1-9-6-10(2-5-17-9)12-7-11-8-15(3-4-16)14-13-11/h8-10,12,16H,2-7H2,1H3. The summed E-state index contributed by atoms with van der Waals surface area (Å²) < 4.78 is 7.15. The fourth-order valence-electron chi connectivity index (χ4n) is 2.06. The van der Waals surface area contributed by atoms with Crippen molar-refractivity contribution in [2.24, 2.45) is 0 Å². The Morgan fingerprint density at radius 3 is 3.29 bits per heavy atom. The quantitative estimate of drug-likeness (QED) is 0.753. The van der Waals surface area contributed by atoms with Crippen molar-refractivity contribution in [1.29, 1.82) is 0 Å². The lowest BCUT2D eigenvalue weighted by Crippen LogP contribution is -2.37. The first-order valence-corrected chi connectivity index (χ1v) is 6.13. The van der Waals surface area contributed by atoms with Gasteiger partial charge in [0.05, 0.1) is 24.9 Å². The number of hydrogen-bond donors (Lipinski definition) is 2. The normalized spacial score (nSPS) is 25.1. The molecule has 2 unspecified atom stereocenters. The zero-order valence-electron chi connectivity index (χ0n) is 10.2. The third-order valence-electron chi connectivity index (χ3n) is 2.97. The highest BCUT2D eigenvalue weighted by Crippen LogP contribution is 2.13. The van der Waals surface area contributed by atoms with Gasteiger partial charge < -0.3 is 15.2 Å². The molecule has 17 heavy (non-hydrogen) atoms. The lowest BCUT2D eigenvalue weighted by molar-refractivity contribution is 0.0130. The van der Waals surface area contributed by atoms with Crippen LogP contribution in [0, 0.1) is 0 Å². The third-order valence-corrected chi connectivity index (χ3v) is 2.97. The van der Waals surface area contributed by atoms with Crippen molar-refractivity contribution in [2.45, 2.75) is 45.0 Å². The summed E-state index contributed by atoms with van der Waals surface area (Å²) >= 11 is 0. The van der Waals surface area contributed by atoms with Gasteiger partial charge in [-0.25, -0.2) is 4.68 Å². The van der Waals surface area contributed by atoms with Gasteiger partial charge in [0.25, 0.3) is 0 Å². The van der Waals surface area contributed by atoms with Crippen molar-refractivity contribution in [3.63, 3.8) is 0 Å². The Hall–Kier alpha value is -0.980. The molecular weight excluding hydrogens is 220 g/mol. The molecule has 0 amide bonds. The second-order valence-corrected chi connectivity index (χ2v) is 4.48. The number of aliphatic hydroxyl groups is 1. The van der Waals surface area contributed by atoms with Gasteiger partial charge in [0, 0.05) is 25.4 Å². The van der Waals surface area contributed by atoms with Crippen LogP contribution in [0.3, 0.4) is 0 Å². The summed E-state index contributed by atoms with van der Waals surface area (Å²) in [6.45, 7) is 4.25. The Balaban J connectivity index is 1.76.